The second kappa shape index (κ2) is 6.74. The van der Waals surface area contributed by atoms with Crippen LogP contribution in [0.15, 0.2) is 10.3 Å². The molecule has 8 heteroatoms. The molecule has 1 N–H and O–H groups in total. The van der Waals surface area contributed by atoms with Gasteiger partial charge >= 0.3 is 5.69 Å². The normalized spacial score (nSPS) is 18.0. The van der Waals surface area contributed by atoms with Gasteiger partial charge in [0.2, 0.25) is 0 Å². The first-order chi connectivity index (χ1) is 9.88. The maximum atomic E-state index is 11.6. The van der Waals surface area contributed by atoms with E-state index in [4.69, 9.17) is 0 Å². The van der Waals surface area contributed by atoms with Gasteiger partial charge in [-0.3, -0.25) is 10.1 Å². The molecule has 0 unspecified atom stereocenters. The van der Waals surface area contributed by atoms with Crippen molar-refractivity contribution < 1.29 is 13.3 Å². The van der Waals surface area contributed by atoms with Crippen molar-refractivity contribution in [2.24, 2.45) is 0 Å². The van der Waals surface area contributed by atoms with Crippen LogP contribution in [-0.4, -0.2) is 25.6 Å². The molecular formula is C13H20N2O4S2. The Morgan fingerprint density at radius 2 is 1.81 bits per heavy atom. The summed E-state index contributed by atoms with van der Waals surface area (Å²) in [5.41, 5.74) is -0.137. The van der Waals surface area contributed by atoms with Crippen molar-refractivity contribution in [2.75, 3.05) is 11.6 Å². The zero-order valence-corrected chi connectivity index (χ0v) is 13.6. The van der Waals surface area contributed by atoms with Crippen LogP contribution in [0.4, 0.5) is 10.7 Å². The zero-order chi connectivity index (χ0) is 15.5. The molecule has 0 spiro atoms. The van der Waals surface area contributed by atoms with E-state index < -0.39 is 14.8 Å². The fourth-order valence-electron chi connectivity index (χ4n) is 2.57. The third-order valence-corrected chi connectivity index (χ3v) is 6.55. The van der Waals surface area contributed by atoms with Gasteiger partial charge < -0.3 is 5.32 Å². The molecule has 1 aliphatic carbocycles. The highest BCUT2D eigenvalue weighted by atomic mass is 32.2. The number of nitrogens with one attached hydrogen (secondary N) is 1. The smallest absolute Gasteiger partial charge is 0.304 e. The van der Waals surface area contributed by atoms with Crippen molar-refractivity contribution >= 4 is 31.9 Å². The van der Waals surface area contributed by atoms with Crippen LogP contribution in [0, 0.1) is 10.1 Å². The molecule has 118 valence electrons. The van der Waals surface area contributed by atoms with Gasteiger partial charge in [0.1, 0.15) is 4.21 Å². The van der Waals surface area contributed by atoms with Gasteiger partial charge in [-0.1, -0.05) is 43.4 Å². The number of rotatable bonds is 4. The van der Waals surface area contributed by atoms with Crippen molar-refractivity contribution in [2.45, 2.75) is 55.2 Å². The lowest BCUT2D eigenvalue weighted by molar-refractivity contribution is -0.383. The molecule has 6 nitrogen and oxygen atoms in total. The SMILES string of the molecule is CS(=O)(=O)c1cc([N+](=O)[O-])c(NC2CCCCCCC2)s1. The first kappa shape index (κ1) is 16.2. The van der Waals surface area contributed by atoms with Gasteiger partial charge in [-0.15, -0.1) is 0 Å². The third kappa shape index (κ3) is 4.41. The van der Waals surface area contributed by atoms with E-state index in [1.807, 2.05) is 0 Å². The monoisotopic (exact) mass is 332 g/mol. The Kier molecular flexibility index (Phi) is 5.21. The molecule has 0 aromatic carbocycles. The predicted octanol–water partition coefficient (Wildman–Crippen LogP) is 3.58. The zero-order valence-electron chi connectivity index (χ0n) is 12.0. The van der Waals surface area contributed by atoms with Crippen LogP contribution in [0.2, 0.25) is 0 Å². The summed E-state index contributed by atoms with van der Waals surface area (Å²) >= 11 is 0.960. The maximum absolute atomic E-state index is 11.6. The lowest BCUT2D eigenvalue weighted by Crippen LogP contribution is -2.20. The lowest BCUT2D eigenvalue weighted by Gasteiger charge is -2.20. The highest BCUT2D eigenvalue weighted by Gasteiger charge is 2.25. The Morgan fingerprint density at radius 3 is 2.33 bits per heavy atom. The molecule has 2 rings (SSSR count). The van der Waals surface area contributed by atoms with E-state index in [1.165, 1.54) is 19.3 Å². The quantitative estimate of drug-likeness (QED) is 0.672. The molecule has 0 atom stereocenters. The molecule has 1 saturated carbocycles. The fraction of sp³-hybridized carbons (Fsp3) is 0.692. The fourth-order valence-corrected chi connectivity index (χ4v) is 4.58. The Hall–Kier alpha value is -1.15. The average molecular weight is 332 g/mol. The summed E-state index contributed by atoms with van der Waals surface area (Å²) in [7, 11) is -3.42. The Morgan fingerprint density at radius 1 is 1.24 bits per heavy atom. The van der Waals surface area contributed by atoms with Crippen LogP contribution in [0.1, 0.15) is 44.9 Å². The van der Waals surface area contributed by atoms with Crippen molar-refractivity contribution in [3.05, 3.63) is 16.2 Å². The highest BCUT2D eigenvalue weighted by molar-refractivity contribution is 7.92. The number of nitro groups is 1. The summed E-state index contributed by atoms with van der Waals surface area (Å²) < 4.78 is 23.2. The van der Waals surface area contributed by atoms with Crippen LogP contribution in [-0.2, 0) is 9.84 Å². The minimum atomic E-state index is -3.42. The lowest BCUT2D eigenvalue weighted by atomic mass is 9.97. The number of anilines is 1. The molecule has 1 aliphatic rings. The topological polar surface area (TPSA) is 89.3 Å². The Balaban J connectivity index is 2.21. The predicted molar refractivity (Wildman–Crippen MR) is 83.8 cm³/mol. The number of thiophene rings is 1. The van der Waals surface area contributed by atoms with Crippen molar-refractivity contribution in [3.8, 4) is 0 Å². The molecule has 0 saturated heterocycles. The molecule has 1 heterocycles. The first-order valence-electron chi connectivity index (χ1n) is 7.13. The third-order valence-electron chi connectivity index (χ3n) is 3.69. The Labute approximate surface area is 128 Å². The molecule has 21 heavy (non-hydrogen) atoms. The van der Waals surface area contributed by atoms with Gasteiger partial charge in [-0.25, -0.2) is 8.42 Å². The Bertz CT molecular complexity index is 602. The van der Waals surface area contributed by atoms with Crippen LogP contribution in [0.25, 0.3) is 0 Å². The molecular weight excluding hydrogens is 312 g/mol. The van der Waals surface area contributed by atoms with Crippen LogP contribution in [0.5, 0.6) is 0 Å². The van der Waals surface area contributed by atoms with Crippen molar-refractivity contribution in [3.63, 3.8) is 0 Å². The van der Waals surface area contributed by atoms with Crippen molar-refractivity contribution in [1.29, 1.82) is 0 Å². The minimum Gasteiger partial charge on any atom is -0.369 e. The summed E-state index contributed by atoms with van der Waals surface area (Å²) in [6, 6.07) is 1.35. The van der Waals surface area contributed by atoms with Gasteiger partial charge in [0.25, 0.3) is 0 Å². The summed E-state index contributed by atoms with van der Waals surface area (Å²) in [6.07, 6.45) is 8.88. The van der Waals surface area contributed by atoms with Gasteiger partial charge in [-0.2, -0.15) is 0 Å². The van der Waals surface area contributed by atoms with Gasteiger partial charge in [-0.05, 0) is 12.8 Å². The molecule has 0 amide bonds. The van der Waals surface area contributed by atoms with E-state index in [2.05, 4.69) is 5.32 Å². The highest BCUT2D eigenvalue weighted by Crippen LogP contribution is 2.38. The molecule has 0 bridgehead atoms. The average Bonchev–Trinajstić information content (AvgIpc) is 2.76. The number of hydrogen-bond acceptors (Lipinski definition) is 6. The second-order valence-electron chi connectivity index (χ2n) is 5.50. The number of sulfone groups is 1. The summed E-state index contributed by atoms with van der Waals surface area (Å²) in [4.78, 5) is 10.6. The summed E-state index contributed by atoms with van der Waals surface area (Å²) in [6.45, 7) is 0. The van der Waals surface area contributed by atoms with E-state index in [1.54, 1.807) is 0 Å². The van der Waals surface area contributed by atoms with Crippen molar-refractivity contribution in [1.82, 2.24) is 0 Å². The minimum absolute atomic E-state index is 0.0440. The van der Waals surface area contributed by atoms with E-state index in [0.717, 1.165) is 49.3 Å². The number of nitrogens with zero attached hydrogens (tertiary/aromatic N) is 1. The second-order valence-corrected chi connectivity index (χ2v) is 8.79. The molecule has 0 radical (unpaired) electrons. The van der Waals surface area contributed by atoms with E-state index in [-0.39, 0.29) is 15.9 Å². The van der Waals surface area contributed by atoms with Crippen LogP contribution >= 0.6 is 11.3 Å². The van der Waals surface area contributed by atoms with E-state index in [9.17, 15) is 18.5 Å². The van der Waals surface area contributed by atoms with E-state index in [0.29, 0.717) is 5.00 Å². The summed E-state index contributed by atoms with van der Waals surface area (Å²) in [5, 5.41) is 14.7. The largest absolute Gasteiger partial charge is 0.369 e. The molecule has 0 aliphatic heterocycles. The van der Waals surface area contributed by atoms with Crippen LogP contribution in [0.3, 0.4) is 0 Å². The van der Waals surface area contributed by atoms with Crippen LogP contribution < -0.4 is 5.32 Å². The van der Waals surface area contributed by atoms with Gasteiger partial charge in [0, 0.05) is 18.4 Å². The molecule has 1 aromatic rings. The number of hydrogen-bond donors (Lipinski definition) is 1. The van der Waals surface area contributed by atoms with E-state index >= 15 is 0 Å². The summed E-state index contributed by atoms with van der Waals surface area (Å²) in [5.74, 6) is 0. The first-order valence-corrected chi connectivity index (χ1v) is 9.83. The van der Waals surface area contributed by atoms with Gasteiger partial charge in [0.05, 0.1) is 4.92 Å². The molecule has 1 fully saturated rings. The maximum Gasteiger partial charge on any atom is 0.304 e. The standard InChI is InChI=1S/C13H20N2O4S2/c1-21(18,19)12-9-11(15(16)17)13(20-12)14-10-7-5-3-2-4-6-8-10/h9-10,14H,2-8H2,1H3. The molecule has 1 aromatic heterocycles. The van der Waals surface area contributed by atoms with Gasteiger partial charge in [0.15, 0.2) is 14.8 Å².